The first-order valence-corrected chi connectivity index (χ1v) is 7.59. The molecule has 2 aromatic rings. The number of fused-ring (bicyclic) bond motifs is 1. The van der Waals surface area contributed by atoms with Gasteiger partial charge >= 0.3 is 0 Å². The first-order valence-electron chi connectivity index (χ1n) is 7.59. The number of benzene rings is 2. The van der Waals surface area contributed by atoms with Gasteiger partial charge in [0.15, 0.2) is 5.84 Å². The lowest BCUT2D eigenvalue weighted by molar-refractivity contribution is 1.10. The van der Waals surface area contributed by atoms with Crippen LogP contribution in [-0.4, -0.2) is 23.8 Å². The van der Waals surface area contributed by atoms with Gasteiger partial charge in [0, 0.05) is 11.8 Å². The summed E-state index contributed by atoms with van der Waals surface area (Å²) in [5.74, 6) is 0.791. The summed E-state index contributed by atoms with van der Waals surface area (Å²) >= 11 is 0. The molecule has 3 heteroatoms. The highest BCUT2D eigenvalue weighted by Gasteiger charge is 2.22. The van der Waals surface area contributed by atoms with Gasteiger partial charge in [-0.2, -0.15) is 0 Å². The number of allylic oxidation sites excluding steroid dienone is 1. The van der Waals surface area contributed by atoms with Crippen LogP contribution in [-0.2, 0) is 0 Å². The maximum atomic E-state index is 4.66. The van der Waals surface area contributed by atoms with Crippen molar-refractivity contribution in [3.63, 3.8) is 0 Å². The predicted octanol–water partition coefficient (Wildman–Crippen LogP) is 3.83. The number of hydrogen-bond donors (Lipinski definition) is 0. The van der Waals surface area contributed by atoms with Crippen molar-refractivity contribution < 1.29 is 0 Å². The third-order valence-corrected chi connectivity index (χ3v) is 3.74. The van der Waals surface area contributed by atoms with Crippen molar-refractivity contribution >= 4 is 17.8 Å². The fraction of sp³-hybridized carbons (Fsp3) is 0.0500. The summed E-state index contributed by atoms with van der Waals surface area (Å²) < 4.78 is 0. The van der Waals surface area contributed by atoms with Crippen molar-refractivity contribution in [3.8, 4) is 0 Å². The number of aliphatic imine (C=N–C) groups is 3. The molecule has 2 aliphatic rings. The summed E-state index contributed by atoms with van der Waals surface area (Å²) in [5.41, 5.74) is 3.98. The van der Waals surface area contributed by atoms with Crippen LogP contribution in [0.2, 0.25) is 0 Å². The summed E-state index contributed by atoms with van der Waals surface area (Å²) in [5, 5.41) is 0. The monoisotopic (exact) mass is 297 g/mol. The third kappa shape index (κ3) is 2.94. The molecule has 1 aliphatic carbocycles. The van der Waals surface area contributed by atoms with E-state index in [4.69, 9.17) is 0 Å². The lowest BCUT2D eigenvalue weighted by Crippen LogP contribution is -2.13. The first kappa shape index (κ1) is 13.6. The molecule has 1 atom stereocenters. The molecule has 4 rings (SSSR count). The lowest BCUT2D eigenvalue weighted by atomic mass is 10.1. The summed E-state index contributed by atoms with van der Waals surface area (Å²) in [6.45, 7) is 0. The van der Waals surface area contributed by atoms with Crippen LogP contribution in [0.1, 0.15) is 11.1 Å². The zero-order valence-electron chi connectivity index (χ0n) is 12.5. The fourth-order valence-corrected chi connectivity index (χ4v) is 2.56. The highest BCUT2D eigenvalue weighted by Crippen LogP contribution is 2.20. The molecule has 0 amide bonds. The smallest absolute Gasteiger partial charge is 0.155 e. The fourth-order valence-electron chi connectivity index (χ4n) is 2.56. The Morgan fingerprint density at radius 1 is 0.913 bits per heavy atom. The Balaban J connectivity index is 1.57. The van der Waals surface area contributed by atoms with Gasteiger partial charge in [-0.1, -0.05) is 66.7 Å². The largest absolute Gasteiger partial charge is 0.256 e. The van der Waals surface area contributed by atoms with Crippen LogP contribution in [0.15, 0.2) is 99.6 Å². The molecule has 1 unspecified atom stereocenters. The normalized spacial score (nSPS) is 19.3. The van der Waals surface area contributed by atoms with Crippen LogP contribution in [0.3, 0.4) is 0 Å². The second-order valence-electron chi connectivity index (χ2n) is 5.40. The van der Waals surface area contributed by atoms with E-state index in [9.17, 15) is 0 Å². The Kier molecular flexibility index (Phi) is 3.53. The van der Waals surface area contributed by atoms with Crippen LogP contribution in [0, 0.1) is 0 Å². The molecular weight excluding hydrogens is 282 g/mol. The molecule has 0 radical (unpaired) electrons. The van der Waals surface area contributed by atoms with Crippen molar-refractivity contribution in [2.75, 3.05) is 0 Å². The minimum atomic E-state index is 0.0147. The molecule has 0 bridgehead atoms. The molecular formula is C20H15N3. The molecule has 1 aliphatic heterocycles. The topological polar surface area (TPSA) is 37.1 Å². The number of amidine groups is 1. The third-order valence-electron chi connectivity index (χ3n) is 3.74. The van der Waals surface area contributed by atoms with Crippen LogP contribution >= 0.6 is 0 Å². The zero-order chi connectivity index (χ0) is 15.5. The molecule has 0 saturated carbocycles. The van der Waals surface area contributed by atoms with Crippen molar-refractivity contribution in [2.45, 2.75) is 6.04 Å². The van der Waals surface area contributed by atoms with E-state index in [0.717, 1.165) is 28.4 Å². The van der Waals surface area contributed by atoms with Crippen molar-refractivity contribution in [3.05, 3.63) is 95.7 Å². The number of nitrogens with zero attached hydrogens (tertiary/aromatic N) is 3. The van der Waals surface area contributed by atoms with E-state index in [1.54, 1.807) is 0 Å². The molecule has 0 spiro atoms. The zero-order valence-corrected chi connectivity index (χ0v) is 12.5. The van der Waals surface area contributed by atoms with Gasteiger partial charge in [-0.25, -0.2) is 4.99 Å². The number of hydrogen-bond acceptors (Lipinski definition) is 3. The Labute approximate surface area is 135 Å². The van der Waals surface area contributed by atoms with Crippen LogP contribution in [0.25, 0.3) is 0 Å². The Hall–Kier alpha value is -3.07. The van der Waals surface area contributed by atoms with Crippen molar-refractivity contribution in [1.82, 2.24) is 0 Å². The van der Waals surface area contributed by atoms with Gasteiger partial charge in [0.2, 0.25) is 0 Å². The highest BCUT2D eigenvalue weighted by atomic mass is 15.0. The molecule has 2 aromatic carbocycles. The minimum Gasteiger partial charge on any atom is -0.256 e. The standard InChI is InChI=1S/C20H15N3/c1-3-7-15(8-4-1)14-21-17-11-12-18-19(13-17)23-20(22-18)16-9-5-2-6-10-16/h1-14,18H. The second kappa shape index (κ2) is 5.97. The Bertz CT molecular complexity index is 856. The van der Waals surface area contributed by atoms with Gasteiger partial charge in [-0.05, 0) is 17.7 Å². The van der Waals surface area contributed by atoms with E-state index in [1.807, 2.05) is 85.1 Å². The summed E-state index contributed by atoms with van der Waals surface area (Å²) in [6.07, 6.45) is 7.92. The van der Waals surface area contributed by atoms with E-state index >= 15 is 0 Å². The maximum absolute atomic E-state index is 4.66. The van der Waals surface area contributed by atoms with Gasteiger partial charge in [-0.15, -0.1) is 0 Å². The van der Waals surface area contributed by atoms with E-state index < -0.39 is 0 Å². The average molecular weight is 297 g/mol. The van der Waals surface area contributed by atoms with E-state index in [1.165, 1.54) is 0 Å². The molecule has 0 aromatic heterocycles. The first-order chi connectivity index (χ1) is 11.4. The van der Waals surface area contributed by atoms with Gasteiger partial charge < -0.3 is 0 Å². The summed E-state index contributed by atoms with van der Waals surface area (Å²) in [6, 6.07) is 20.1. The van der Waals surface area contributed by atoms with Gasteiger partial charge in [0.25, 0.3) is 0 Å². The lowest BCUT2D eigenvalue weighted by Gasteiger charge is -2.07. The van der Waals surface area contributed by atoms with Gasteiger partial charge in [0.05, 0.1) is 11.4 Å². The number of rotatable bonds is 3. The predicted molar refractivity (Wildman–Crippen MR) is 95.5 cm³/mol. The molecule has 110 valence electrons. The van der Waals surface area contributed by atoms with Gasteiger partial charge in [0.1, 0.15) is 6.04 Å². The molecule has 1 heterocycles. The van der Waals surface area contributed by atoms with E-state index in [0.29, 0.717) is 0 Å². The average Bonchev–Trinajstić information content (AvgIpc) is 3.05. The molecule has 3 nitrogen and oxygen atoms in total. The SMILES string of the molecule is C1=CC2N=C(c3ccccc3)N=C2C=C1N=Cc1ccccc1. The summed E-state index contributed by atoms with van der Waals surface area (Å²) in [7, 11) is 0. The van der Waals surface area contributed by atoms with Crippen molar-refractivity contribution in [1.29, 1.82) is 0 Å². The maximum Gasteiger partial charge on any atom is 0.155 e. The van der Waals surface area contributed by atoms with Crippen molar-refractivity contribution in [2.24, 2.45) is 15.0 Å². The molecule has 0 fully saturated rings. The summed E-state index contributed by atoms with van der Waals surface area (Å²) in [4.78, 5) is 13.8. The van der Waals surface area contributed by atoms with Gasteiger partial charge in [-0.3, -0.25) is 9.98 Å². The molecule has 0 N–H and O–H groups in total. The van der Waals surface area contributed by atoms with Crippen LogP contribution < -0.4 is 0 Å². The highest BCUT2D eigenvalue weighted by molar-refractivity contribution is 6.18. The Morgan fingerprint density at radius 2 is 1.65 bits per heavy atom. The van der Waals surface area contributed by atoms with E-state index in [2.05, 4.69) is 15.0 Å². The van der Waals surface area contributed by atoms with E-state index in [-0.39, 0.29) is 6.04 Å². The quantitative estimate of drug-likeness (QED) is 0.772. The molecule has 0 saturated heterocycles. The Morgan fingerprint density at radius 3 is 2.43 bits per heavy atom. The molecule has 23 heavy (non-hydrogen) atoms. The van der Waals surface area contributed by atoms with Crippen LogP contribution in [0.5, 0.6) is 0 Å². The minimum absolute atomic E-state index is 0.0147. The second-order valence-corrected chi connectivity index (χ2v) is 5.40. The van der Waals surface area contributed by atoms with Crippen LogP contribution in [0.4, 0.5) is 0 Å².